The molecule has 0 fully saturated rings. The summed E-state index contributed by atoms with van der Waals surface area (Å²) in [6.45, 7) is 5.39. The summed E-state index contributed by atoms with van der Waals surface area (Å²) >= 11 is 0. The van der Waals surface area contributed by atoms with Crippen molar-refractivity contribution in [2.24, 2.45) is 0 Å². The second kappa shape index (κ2) is 6.83. The molecular formula is C17H22N2O4. The number of nitrogens with one attached hydrogen (secondary N) is 1. The Labute approximate surface area is 134 Å². The van der Waals surface area contributed by atoms with Gasteiger partial charge in [0.25, 0.3) is 5.56 Å². The molecule has 23 heavy (non-hydrogen) atoms. The van der Waals surface area contributed by atoms with E-state index in [2.05, 4.69) is 5.32 Å². The number of carbonyl (C=O) groups excluding carboxylic acids is 1. The number of aromatic nitrogens is 1. The van der Waals surface area contributed by atoms with Crippen molar-refractivity contribution in [1.29, 1.82) is 0 Å². The summed E-state index contributed by atoms with van der Waals surface area (Å²) < 4.78 is 6.52. The molecule has 2 rings (SSSR count). The number of aliphatic hydroxyl groups excluding tert-OH is 1. The van der Waals surface area contributed by atoms with Crippen LogP contribution in [-0.2, 0) is 11.3 Å². The number of hydrogen-bond donors (Lipinski definition) is 2. The van der Waals surface area contributed by atoms with Crippen LogP contribution in [-0.4, -0.2) is 34.0 Å². The first-order valence-corrected chi connectivity index (χ1v) is 7.49. The smallest absolute Gasteiger partial charge is 0.407 e. The third-order valence-electron chi connectivity index (χ3n) is 3.17. The summed E-state index contributed by atoms with van der Waals surface area (Å²) in [5.41, 5.74) is -0.760. The van der Waals surface area contributed by atoms with Gasteiger partial charge in [0.1, 0.15) is 5.60 Å². The minimum atomic E-state index is -0.888. The number of carbonyl (C=O) groups is 1. The number of nitrogens with zero attached hydrogens (tertiary/aromatic N) is 1. The zero-order valence-corrected chi connectivity index (χ0v) is 13.6. The third kappa shape index (κ3) is 4.82. The van der Waals surface area contributed by atoms with Gasteiger partial charge in [0, 0.05) is 18.1 Å². The Bertz CT molecular complexity index is 746. The molecular weight excluding hydrogens is 296 g/mol. The Morgan fingerprint density at radius 1 is 1.30 bits per heavy atom. The molecule has 2 N–H and O–H groups in total. The highest BCUT2D eigenvalue weighted by Crippen LogP contribution is 2.08. The molecule has 124 valence electrons. The molecule has 1 amide bonds. The molecule has 6 nitrogen and oxygen atoms in total. The van der Waals surface area contributed by atoms with Crippen LogP contribution in [0.2, 0.25) is 0 Å². The zero-order valence-electron chi connectivity index (χ0n) is 13.6. The molecule has 1 aromatic carbocycles. The summed E-state index contributed by atoms with van der Waals surface area (Å²) in [6, 6.07) is 9.10. The topological polar surface area (TPSA) is 80.6 Å². The Morgan fingerprint density at radius 3 is 2.70 bits per heavy atom. The van der Waals surface area contributed by atoms with E-state index >= 15 is 0 Å². The van der Waals surface area contributed by atoms with E-state index in [0.29, 0.717) is 5.39 Å². The Balaban J connectivity index is 1.98. The van der Waals surface area contributed by atoms with Crippen LogP contribution in [0.4, 0.5) is 4.79 Å². The average molecular weight is 318 g/mol. The summed E-state index contributed by atoms with van der Waals surface area (Å²) in [6.07, 6.45) is 0.158. The first-order chi connectivity index (χ1) is 10.8. The second-order valence-corrected chi connectivity index (χ2v) is 6.40. The molecule has 1 unspecified atom stereocenters. The maximum absolute atomic E-state index is 12.3. The van der Waals surface area contributed by atoms with E-state index in [1.165, 1.54) is 4.57 Å². The normalized spacial score (nSPS) is 12.9. The fourth-order valence-corrected chi connectivity index (χ4v) is 2.18. The lowest BCUT2D eigenvalue weighted by Crippen LogP contribution is -2.39. The van der Waals surface area contributed by atoms with E-state index in [-0.39, 0.29) is 18.6 Å². The number of hydrogen-bond acceptors (Lipinski definition) is 4. The molecule has 6 heteroatoms. The van der Waals surface area contributed by atoms with E-state index in [9.17, 15) is 14.7 Å². The summed E-state index contributed by atoms with van der Waals surface area (Å²) in [5, 5.41) is 14.0. The van der Waals surface area contributed by atoms with Crippen LogP contribution in [0.5, 0.6) is 0 Å². The first kappa shape index (κ1) is 17.0. The van der Waals surface area contributed by atoms with Crippen molar-refractivity contribution in [2.45, 2.75) is 39.0 Å². The van der Waals surface area contributed by atoms with Crippen LogP contribution in [0, 0.1) is 0 Å². The van der Waals surface area contributed by atoms with Gasteiger partial charge >= 0.3 is 6.09 Å². The number of alkyl carbamates (subject to hydrolysis) is 1. The van der Waals surface area contributed by atoms with E-state index in [0.717, 1.165) is 5.39 Å². The predicted molar refractivity (Wildman–Crippen MR) is 88.5 cm³/mol. The van der Waals surface area contributed by atoms with Crippen LogP contribution < -0.4 is 10.9 Å². The van der Waals surface area contributed by atoms with Gasteiger partial charge in [0.05, 0.1) is 12.6 Å². The molecule has 0 spiro atoms. The fraction of sp³-hybridized carbons (Fsp3) is 0.412. The van der Waals surface area contributed by atoms with Gasteiger partial charge in [-0.05, 0) is 38.3 Å². The summed E-state index contributed by atoms with van der Waals surface area (Å²) in [4.78, 5) is 23.9. The van der Waals surface area contributed by atoms with Gasteiger partial charge in [0.15, 0.2) is 0 Å². The predicted octanol–water partition coefficient (Wildman–Crippen LogP) is 1.89. The molecule has 0 aliphatic heterocycles. The molecule has 1 heterocycles. The van der Waals surface area contributed by atoms with Crippen LogP contribution in [0.3, 0.4) is 0 Å². The number of ether oxygens (including phenoxy) is 1. The highest BCUT2D eigenvalue weighted by Gasteiger charge is 2.17. The van der Waals surface area contributed by atoms with Crippen molar-refractivity contribution < 1.29 is 14.6 Å². The Kier molecular flexibility index (Phi) is 5.05. The van der Waals surface area contributed by atoms with Crippen molar-refractivity contribution in [1.82, 2.24) is 9.88 Å². The molecule has 0 radical (unpaired) electrons. The van der Waals surface area contributed by atoms with Crippen LogP contribution in [0.25, 0.3) is 10.8 Å². The van der Waals surface area contributed by atoms with Crippen LogP contribution in [0.1, 0.15) is 20.8 Å². The van der Waals surface area contributed by atoms with Crippen molar-refractivity contribution >= 4 is 16.9 Å². The van der Waals surface area contributed by atoms with Gasteiger partial charge in [-0.25, -0.2) is 4.79 Å². The van der Waals surface area contributed by atoms with Crippen molar-refractivity contribution in [2.75, 3.05) is 6.54 Å². The van der Waals surface area contributed by atoms with Gasteiger partial charge in [-0.2, -0.15) is 0 Å². The van der Waals surface area contributed by atoms with Crippen molar-refractivity contribution in [3.05, 3.63) is 46.9 Å². The number of fused-ring (bicyclic) bond motifs is 1. The Hall–Kier alpha value is -2.34. The molecule has 0 bridgehead atoms. The number of benzene rings is 1. The molecule has 0 aliphatic carbocycles. The zero-order chi connectivity index (χ0) is 17.0. The molecule has 1 aromatic heterocycles. The van der Waals surface area contributed by atoms with Crippen LogP contribution >= 0.6 is 0 Å². The summed E-state index contributed by atoms with van der Waals surface area (Å²) in [5.74, 6) is 0. The highest BCUT2D eigenvalue weighted by atomic mass is 16.6. The van der Waals surface area contributed by atoms with E-state index in [1.807, 2.05) is 18.2 Å². The minimum absolute atomic E-state index is 0.00812. The van der Waals surface area contributed by atoms with E-state index < -0.39 is 17.8 Å². The second-order valence-electron chi connectivity index (χ2n) is 6.40. The highest BCUT2D eigenvalue weighted by molar-refractivity contribution is 5.81. The van der Waals surface area contributed by atoms with Gasteiger partial charge in [-0.1, -0.05) is 18.2 Å². The average Bonchev–Trinajstić information content (AvgIpc) is 2.47. The van der Waals surface area contributed by atoms with Gasteiger partial charge in [-0.3, -0.25) is 4.79 Å². The lowest BCUT2D eigenvalue weighted by molar-refractivity contribution is 0.0484. The molecule has 2 aromatic rings. The number of pyridine rings is 1. The maximum Gasteiger partial charge on any atom is 0.407 e. The van der Waals surface area contributed by atoms with Gasteiger partial charge < -0.3 is 19.7 Å². The lowest BCUT2D eigenvalue weighted by Gasteiger charge is -2.20. The summed E-state index contributed by atoms with van der Waals surface area (Å²) in [7, 11) is 0. The monoisotopic (exact) mass is 318 g/mol. The van der Waals surface area contributed by atoms with Crippen LogP contribution in [0.15, 0.2) is 41.3 Å². The van der Waals surface area contributed by atoms with Crippen molar-refractivity contribution in [3.8, 4) is 0 Å². The SMILES string of the molecule is CC(C)(C)OC(=O)NCC(O)Cn1ccc2ccccc2c1=O. The molecule has 0 saturated heterocycles. The van der Waals surface area contributed by atoms with Gasteiger partial charge in [0.2, 0.25) is 0 Å². The Morgan fingerprint density at radius 2 is 2.00 bits per heavy atom. The van der Waals surface area contributed by atoms with Gasteiger partial charge in [-0.15, -0.1) is 0 Å². The standard InChI is InChI=1S/C17H22N2O4/c1-17(2,3)23-16(22)18-10-13(20)11-19-9-8-12-6-4-5-7-14(12)15(19)21/h4-9,13,20H,10-11H2,1-3H3,(H,18,22). The first-order valence-electron chi connectivity index (χ1n) is 7.49. The minimum Gasteiger partial charge on any atom is -0.444 e. The number of amides is 1. The third-order valence-corrected chi connectivity index (χ3v) is 3.17. The number of aliphatic hydroxyl groups is 1. The quantitative estimate of drug-likeness (QED) is 0.902. The fourth-order valence-electron chi connectivity index (χ4n) is 2.18. The van der Waals surface area contributed by atoms with E-state index in [4.69, 9.17) is 4.74 Å². The lowest BCUT2D eigenvalue weighted by atomic mass is 10.2. The molecule has 1 atom stereocenters. The maximum atomic E-state index is 12.3. The largest absolute Gasteiger partial charge is 0.444 e. The molecule has 0 aliphatic rings. The molecule has 0 saturated carbocycles. The number of rotatable bonds is 4. The van der Waals surface area contributed by atoms with Crippen molar-refractivity contribution in [3.63, 3.8) is 0 Å². The van der Waals surface area contributed by atoms with E-state index in [1.54, 1.807) is 39.1 Å².